The van der Waals surface area contributed by atoms with Gasteiger partial charge in [-0.15, -0.1) is 0 Å². The Morgan fingerprint density at radius 1 is 1.47 bits per heavy atom. The number of anilines is 1. The second kappa shape index (κ2) is 4.85. The first-order valence-electron chi connectivity index (χ1n) is 6.98. The van der Waals surface area contributed by atoms with Crippen LogP contribution in [0.3, 0.4) is 0 Å². The summed E-state index contributed by atoms with van der Waals surface area (Å²) in [6.07, 6.45) is 3.22. The second-order valence-corrected chi connectivity index (χ2v) is 5.67. The highest BCUT2D eigenvalue weighted by atomic mass is 16.4. The summed E-state index contributed by atoms with van der Waals surface area (Å²) in [5.41, 5.74) is 2.52. The molecule has 2 atom stereocenters. The van der Waals surface area contributed by atoms with Crippen molar-refractivity contribution in [1.29, 1.82) is 0 Å². The van der Waals surface area contributed by atoms with Crippen molar-refractivity contribution in [2.75, 3.05) is 11.4 Å². The molecule has 3 rings (SSSR count). The number of fused-ring (bicyclic) bond motifs is 1. The first kappa shape index (κ1) is 12.5. The summed E-state index contributed by atoms with van der Waals surface area (Å²) in [6.45, 7) is 2.71. The number of rotatable bonds is 5. The largest absolute Gasteiger partial charge is 0.480 e. The maximum absolute atomic E-state index is 11.4. The molecule has 0 aromatic heterocycles. The van der Waals surface area contributed by atoms with Crippen molar-refractivity contribution < 1.29 is 9.90 Å². The van der Waals surface area contributed by atoms with Crippen LogP contribution < -0.4 is 10.2 Å². The Morgan fingerprint density at radius 2 is 2.21 bits per heavy atom. The predicted molar refractivity (Wildman–Crippen MR) is 74.5 cm³/mol. The molecule has 1 aliphatic carbocycles. The van der Waals surface area contributed by atoms with Gasteiger partial charge in [-0.1, -0.05) is 18.2 Å². The quantitative estimate of drug-likeness (QED) is 0.845. The molecule has 1 aliphatic heterocycles. The van der Waals surface area contributed by atoms with Crippen LogP contribution in [-0.4, -0.2) is 35.7 Å². The molecule has 1 aromatic rings. The lowest BCUT2D eigenvalue weighted by Crippen LogP contribution is -2.48. The van der Waals surface area contributed by atoms with Crippen LogP contribution in [0.15, 0.2) is 24.3 Å². The summed E-state index contributed by atoms with van der Waals surface area (Å²) in [6, 6.07) is 8.61. The molecule has 0 radical (unpaired) electrons. The molecule has 4 nitrogen and oxygen atoms in total. The van der Waals surface area contributed by atoms with Crippen LogP contribution in [0.1, 0.15) is 25.3 Å². The Kier molecular flexibility index (Phi) is 3.19. The molecule has 102 valence electrons. The number of carbonyl (C=O) groups is 1. The molecule has 19 heavy (non-hydrogen) atoms. The van der Waals surface area contributed by atoms with E-state index in [0.717, 1.165) is 19.3 Å². The number of nitrogens with one attached hydrogen (secondary N) is 1. The Labute approximate surface area is 113 Å². The molecule has 1 heterocycles. The second-order valence-electron chi connectivity index (χ2n) is 5.67. The molecular weight excluding hydrogens is 240 g/mol. The van der Waals surface area contributed by atoms with Gasteiger partial charge in [-0.25, -0.2) is 0 Å². The molecule has 0 spiro atoms. The zero-order chi connectivity index (χ0) is 13.4. The van der Waals surface area contributed by atoms with Crippen molar-refractivity contribution in [1.82, 2.24) is 5.32 Å². The van der Waals surface area contributed by atoms with Gasteiger partial charge in [0.05, 0.1) is 0 Å². The van der Waals surface area contributed by atoms with Gasteiger partial charge in [0, 0.05) is 24.3 Å². The Morgan fingerprint density at radius 3 is 2.89 bits per heavy atom. The number of carboxylic acid groups (broad SMARTS) is 1. The van der Waals surface area contributed by atoms with Crippen LogP contribution in [0.2, 0.25) is 0 Å². The number of hydrogen-bond acceptors (Lipinski definition) is 3. The minimum absolute atomic E-state index is 0.375. The zero-order valence-corrected chi connectivity index (χ0v) is 11.2. The summed E-state index contributed by atoms with van der Waals surface area (Å²) in [5.74, 6) is -0.747. The average molecular weight is 260 g/mol. The molecule has 0 amide bonds. The standard InChI is InChI=1S/C15H20N2O2/c1-10-8-11-4-2-3-5-14(11)17(10)9-13(15(18)19)16-12-6-7-12/h2-5,10,12-13,16H,6-9H2,1H3,(H,18,19). The smallest absolute Gasteiger partial charge is 0.322 e. The van der Waals surface area contributed by atoms with Crippen LogP contribution in [0.5, 0.6) is 0 Å². The molecular formula is C15H20N2O2. The summed E-state index contributed by atoms with van der Waals surface area (Å²) in [7, 11) is 0. The fraction of sp³-hybridized carbons (Fsp3) is 0.533. The number of aliphatic carboxylic acids is 1. The first-order valence-corrected chi connectivity index (χ1v) is 6.98. The van der Waals surface area contributed by atoms with Crippen molar-refractivity contribution in [2.45, 2.75) is 44.3 Å². The fourth-order valence-corrected chi connectivity index (χ4v) is 2.84. The van der Waals surface area contributed by atoms with E-state index < -0.39 is 12.0 Å². The monoisotopic (exact) mass is 260 g/mol. The number of benzene rings is 1. The van der Waals surface area contributed by atoms with Gasteiger partial charge in [0.1, 0.15) is 6.04 Å². The van der Waals surface area contributed by atoms with E-state index in [-0.39, 0.29) is 0 Å². The molecule has 1 saturated carbocycles. The van der Waals surface area contributed by atoms with Crippen LogP contribution in [-0.2, 0) is 11.2 Å². The minimum atomic E-state index is -0.747. The van der Waals surface area contributed by atoms with E-state index in [9.17, 15) is 9.90 Å². The summed E-state index contributed by atoms with van der Waals surface area (Å²) >= 11 is 0. The summed E-state index contributed by atoms with van der Waals surface area (Å²) in [4.78, 5) is 13.6. The number of hydrogen-bond donors (Lipinski definition) is 2. The van der Waals surface area contributed by atoms with Gasteiger partial charge in [-0.05, 0) is 37.8 Å². The lowest BCUT2D eigenvalue weighted by atomic mass is 10.1. The highest BCUT2D eigenvalue weighted by Crippen LogP contribution is 2.32. The third-order valence-electron chi connectivity index (χ3n) is 4.04. The molecule has 4 heteroatoms. The first-order chi connectivity index (χ1) is 9.15. The van der Waals surface area contributed by atoms with Crippen LogP contribution in [0, 0.1) is 0 Å². The highest BCUT2D eigenvalue weighted by molar-refractivity contribution is 5.75. The van der Waals surface area contributed by atoms with Crippen molar-refractivity contribution in [3.63, 3.8) is 0 Å². The molecule has 2 aliphatic rings. The van der Waals surface area contributed by atoms with E-state index in [1.165, 1.54) is 11.3 Å². The highest BCUT2D eigenvalue weighted by Gasteiger charge is 2.33. The van der Waals surface area contributed by atoms with Crippen molar-refractivity contribution in [2.24, 2.45) is 0 Å². The molecule has 2 N–H and O–H groups in total. The van der Waals surface area contributed by atoms with Crippen LogP contribution in [0.25, 0.3) is 0 Å². The number of nitrogens with zero attached hydrogens (tertiary/aromatic N) is 1. The predicted octanol–water partition coefficient (Wildman–Crippen LogP) is 1.64. The third-order valence-corrected chi connectivity index (χ3v) is 4.04. The van der Waals surface area contributed by atoms with Gasteiger partial charge in [0.25, 0.3) is 0 Å². The van der Waals surface area contributed by atoms with E-state index in [4.69, 9.17) is 0 Å². The number of carboxylic acids is 1. The molecule has 0 saturated heterocycles. The summed E-state index contributed by atoms with van der Waals surface area (Å²) < 4.78 is 0. The molecule has 1 fully saturated rings. The lowest BCUT2D eigenvalue weighted by Gasteiger charge is -2.28. The Balaban J connectivity index is 1.75. The lowest BCUT2D eigenvalue weighted by molar-refractivity contribution is -0.139. The van der Waals surface area contributed by atoms with Crippen molar-refractivity contribution >= 4 is 11.7 Å². The normalized spacial score (nSPS) is 23.2. The Hall–Kier alpha value is -1.55. The maximum atomic E-state index is 11.4. The molecule has 0 bridgehead atoms. The van der Waals surface area contributed by atoms with Crippen LogP contribution in [0.4, 0.5) is 5.69 Å². The molecule has 2 unspecified atom stereocenters. The van der Waals surface area contributed by atoms with Gasteiger partial charge in [-0.3, -0.25) is 4.79 Å². The fourth-order valence-electron chi connectivity index (χ4n) is 2.84. The maximum Gasteiger partial charge on any atom is 0.322 e. The van der Waals surface area contributed by atoms with Crippen molar-refractivity contribution in [3.05, 3.63) is 29.8 Å². The van der Waals surface area contributed by atoms with Gasteiger partial charge >= 0.3 is 5.97 Å². The zero-order valence-electron chi connectivity index (χ0n) is 11.2. The van der Waals surface area contributed by atoms with E-state index in [1.54, 1.807) is 0 Å². The third kappa shape index (κ3) is 2.59. The van der Waals surface area contributed by atoms with E-state index >= 15 is 0 Å². The van der Waals surface area contributed by atoms with Gasteiger partial charge in [-0.2, -0.15) is 0 Å². The summed E-state index contributed by atoms with van der Waals surface area (Å²) in [5, 5.41) is 12.6. The van der Waals surface area contributed by atoms with E-state index in [1.807, 2.05) is 12.1 Å². The van der Waals surface area contributed by atoms with Gasteiger partial charge in [0.2, 0.25) is 0 Å². The van der Waals surface area contributed by atoms with Gasteiger partial charge in [0.15, 0.2) is 0 Å². The average Bonchev–Trinajstić information content (AvgIpc) is 3.13. The van der Waals surface area contributed by atoms with Crippen LogP contribution >= 0.6 is 0 Å². The van der Waals surface area contributed by atoms with E-state index in [0.29, 0.717) is 18.6 Å². The van der Waals surface area contributed by atoms with Gasteiger partial charge < -0.3 is 15.3 Å². The van der Waals surface area contributed by atoms with E-state index in [2.05, 4.69) is 29.3 Å². The van der Waals surface area contributed by atoms with Crippen molar-refractivity contribution in [3.8, 4) is 0 Å². The topological polar surface area (TPSA) is 52.6 Å². The Bertz CT molecular complexity index is 485. The SMILES string of the molecule is CC1Cc2ccccc2N1CC(NC1CC1)C(=O)O. The molecule has 1 aromatic carbocycles. The number of para-hydroxylation sites is 1. The minimum Gasteiger partial charge on any atom is -0.480 e.